The van der Waals surface area contributed by atoms with E-state index in [2.05, 4.69) is 22.2 Å². The number of aliphatic imine (C=N–C) groups is 2. The van der Waals surface area contributed by atoms with Crippen molar-refractivity contribution in [3.63, 3.8) is 0 Å². The number of fused-ring (bicyclic) bond motifs is 1. The molecule has 3 aliphatic heterocycles. The van der Waals surface area contributed by atoms with Gasteiger partial charge in [0.15, 0.2) is 0 Å². The molecule has 3 heterocycles. The lowest BCUT2D eigenvalue weighted by Gasteiger charge is -2.41. The Balaban J connectivity index is 2.00. The maximum absolute atomic E-state index is 12.3. The van der Waals surface area contributed by atoms with Crippen LogP contribution in [-0.4, -0.2) is 67.5 Å². The topological polar surface area (TPSA) is 107 Å². The van der Waals surface area contributed by atoms with Crippen LogP contribution in [0.15, 0.2) is 32.9 Å². The van der Waals surface area contributed by atoms with E-state index in [4.69, 9.17) is 4.74 Å². The molecular formula is C18H21N5O3. The minimum Gasteiger partial charge on any atom is -0.378 e. The van der Waals surface area contributed by atoms with Crippen molar-refractivity contribution in [2.75, 3.05) is 27.2 Å². The molecule has 0 aromatic heterocycles. The van der Waals surface area contributed by atoms with Gasteiger partial charge in [-0.25, -0.2) is 4.99 Å². The highest BCUT2D eigenvalue weighted by atomic mass is 16.5. The highest BCUT2D eigenvalue weighted by Gasteiger charge is 2.37. The second-order valence-corrected chi connectivity index (χ2v) is 6.70. The second kappa shape index (κ2) is 6.84. The number of amides is 2. The molecule has 0 aliphatic carbocycles. The summed E-state index contributed by atoms with van der Waals surface area (Å²) < 4.78 is 5.57. The Kier molecular flexibility index (Phi) is 4.74. The van der Waals surface area contributed by atoms with Gasteiger partial charge >= 0.3 is 0 Å². The molecule has 0 aromatic rings. The molecule has 8 heteroatoms. The zero-order valence-corrected chi connectivity index (χ0v) is 15.1. The second-order valence-electron chi connectivity index (χ2n) is 6.70. The van der Waals surface area contributed by atoms with Crippen LogP contribution in [0.25, 0.3) is 0 Å². The fourth-order valence-electron chi connectivity index (χ4n) is 3.33. The van der Waals surface area contributed by atoms with Crippen LogP contribution in [0.3, 0.4) is 0 Å². The van der Waals surface area contributed by atoms with E-state index in [-0.39, 0.29) is 17.1 Å². The van der Waals surface area contributed by atoms with Crippen LogP contribution in [0.2, 0.25) is 0 Å². The third-order valence-corrected chi connectivity index (χ3v) is 5.14. The number of nitrogens with one attached hydrogen (secondary N) is 1. The first-order valence-corrected chi connectivity index (χ1v) is 8.47. The Morgan fingerprint density at radius 3 is 2.73 bits per heavy atom. The van der Waals surface area contributed by atoms with Crippen LogP contribution in [0, 0.1) is 11.3 Å². The molecule has 1 unspecified atom stereocenters. The summed E-state index contributed by atoms with van der Waals surface area (Å²) in [6.07, 6.45) is 4.64. The van der Waals surface area contributed by atoms with E-state index in [0.29, 0.717) is 30.1 Å². The van der Waals surface area contributed by atoms with Crippen LogP contribution in [0.5, 0.6) is 0 Å². The van der Waals surface area contributed by atoms with E-state index < -0.39 is 11.9 Å². The molecule has 1 atom stereocenters. The number of hydrogen-bond donors (Lipinski definition) is 1. The molecule has 2 amide bonds. The minimum absolute atomic E-state index is 0.00646. The van der Waals surface area contributed by atoms with Crippen molar-refractivity contribution < 1.29 is 14.3 Å². The highest BCUT2D eigenvalue weighted by Crippen LogP contribution is 2.33. The summed E-state index contributed by atoms with van der Waals surface area (Å²) in [6, 6.07) is 1.29. The average Bonchev–Trinajstić information content (AvgIpc) is 2.66. The van der Waals surface area contributed by atoms with E-state index in [1.54, 1.807) is 13.2 Å². The fraction of sp³-hybridized carbons (Fsp3) is 0.500. The largest absolute Gasteiger partial charge is 0.378 e. The maximum Gasteiger partial charge on any atom is 0.290 e. The zero-order valence-electron chi connectivity index (χ0n) is 15.1. The summed E-state index contributed by atoms with van der Waals surface area (Å²) in [7, 11) is 3.23. The average molecular weight is 355 g/mol. The summed E-state index contributed by atoms with van der Waals surface area (Å²) in [6.45, 7) is 3.34. The van der Waals surface area contributed by atoms with Crippen molar-refractivity contribution >= 4 is 23.7 Å². The summed E-state index contributed by atoms with van der Waals surface area (Å²) in [5.41, 5.74) is 1.34. The summed E-state index contributed by atoms with van der Waals surface area (Å²) in [4.78, 5) is 34.4. The lowest BCUT2D eigenvalue weighted by atomic mass is 9.89. The number of nitrogens with zero attached hydrogens (tertiary/aromatic N) is 4. The van der Waals surface area contributed by atoms with Gasteiger partial charge in [0.05, 0.1) is 17.0 Å². The fourth-order valence-corrected chi connectivity index (χ4v) is 3.33. The van der Waals surface area contributed by atoms with Crippen molar-refractivity contribution in [2.45, 2.75) is 31.4 Å². The number of dihydropyridines is 2. The first-order chi connectivity index (χ1) is 12.4. The van der Waals surface area contributed by atoms with Crippen molar-refractivity contribution in [1.82, 2.24) is 10.2 Å². The van der Waals surface area contributed by atoms with Gasteiger partial charge < -0.3 is 15.0 Å². The Hall–Kier alpha value is -2.79. The Labute approximate surface area is 151 Å². The number of hydrogen-bond acceptors (Lipinski definition) is 6. The predicted molar refractivity (Wildman–Crippen MR) is 95.7 cm³/mol. The molecule has 3 aliphatic rings. The van der Waals surface area contributed by atoms with Crippen molar-refractivity contribution in [1.29, 1.82) is 5.26 Å². The lowest BCUT2D eigenvalue weighted by Crippen LogP contribution is -2.45. The van der Waals surface area contributed by atoms with Crippen LogP contribution in [0.1, 0.15) is 19.8 Å². The quantitative estimate of drug-likeness (QED) is 0.787. The van der Waals surface area contributed by atoms with Gasteiger partial charge in [-0.3, -0.25) is 14.6 Å². The SMILES string of the molecule is CNC(=O)C1C=C2C(=NC(=O)C(C#N)=C2N2CCC(C)(OC)CC2)C=N1. The third-order valence-electron chi connectivity index (χ3n) is 5.14. The lowest BCUT2D eigenvalue weighted by molar-refractivity contribution is -0.120. The highest BCUT2D eigenvalue weighted by molar-refractivity contribution is 6.44. The van der Waals surface area contributed by atoms with E-state index in [1.807, 2.05) is 11.0 Å². The van der Waals surface area contributed by atoms with Crippen molar-refractivity contribution in [3.05, 3.63) is 22.9 Å². The zero-order chi connectivity index (χ0) is 18.9. The molecule has 0 spiro atoms. The molecule has 1 saturated heterocycles. The molecule has 136 valence electrons. The van der Waals surface area contributed by atoms with E-state index in [9.17, 15) is 14.9 Å². The Morgan fingerprint density at radius 1 is 1.46 bits per heavy atom. The number of carbonyl (C=O) groups is 2. The summed E-state index contributed by atoms with van der Waals surface area (Å²) in [5.74, 6) is -0.826. The number of rotatable bonds is 3. The van der Waals surface area contributed by atoms with Gasteiger partial charge in [-0.15, -0.1) is 0 Å². The molecule has 0 saturated carbocycles. The van der Waals surface area contributed by atoms with Gasteiger partial charge in [-0.2, -0.15) is 5.26 Å². The first-order valence-electron chi connectivity index (χ1n) is 8.47. The van der Waals surface area contributed by atoms with Gasteiger partial charge in [0.25, 0.3) is 5.91 Å². The number of likely N-dealkylation sites (N-methyl/N-ethyl adjacent to an activating group) is 1. The molecule has 0 aromatic carbocycles. The maximum atomic E-state index is 12.3. The van der Waals surface area contributed by atoms with Gasteiger partial charge in [0.1, 0.15) is 17.7 Å². The van der Waals surface area contributed by atoms with Gasteiger partial charge in [-0.05, 0) is 25.8 Å². The van der Waals surface area contributed by atoms with Crippen molar-refractivity contribution in [2.24, 2.45) is 9.98 Å². The number of allylic oxidation sites excluding steroid dienone is 1. The van der Waals surface area contributed by atoms with Crippen LogP contribution >= 0.6 is 0 Å². The van der Waals surface area contributed by atoms with E-state index in [0.717, 1.165) is 12.8 Å². The molecule has 3 rings (SSSR count). The summed E-state index contributed by atoms with van der Waals surface area (Å²) >= 11 is 0. The molecule has 8 nitrogen and oxygen atoms in total. The molecule has 0 radical (unpaired) electrons. The van der Waals surface area contributed by atoms with Gasteiger partial charge in [-0.1, -0.05) is 0 Å². The molecule has 26 heavy (non-hydrogen) atoms. The normalized spacial score (nSPS) is 24.5. The number of carbonyl (C=O) groups excluding carboxylic acids is 2. The Bertz CT molecular complexity index is 807. The molecule has 0 bridgehead atoms. The van der Waals surface area contributed by atoms with Gasteiger partial charge in [0.2, 0.25) is 5.91 Å². The number of ether oxygens (including phenoxy) is 1. The first kappa shape index (κ1) is 18.0. The van der Waals surface area contributed by atoms with Crippen molar-refractivity contribution in [3.8, 4) is 6.07 Å². The number of piperidine rings is 1. The van der Waals surface area contributed by atoms with Crippen LogP contribution in [-0.2, 0) is 14.3 Å². The monoisotopic (exact) mass is 355 g/mol. The number of likely N-dealkylation sites (tertiary alicyclic amines) is 1. The standard InChI is InChI=1S/C18H21N5O3/c1-18(26-3)4-6-23(7-5-18)15-11-8-13(17(25)20-2)21-10-14(11)22-16(24)12(15)9-19/h8,10,13H,4-7H2,1-3H3,(H,20,25). The van der Waals surface area contributed by atoms with E-state index >= 15 is 0 Å². The predicted octanol–water partition coefficient (Wildman–Crippen LogP) is 0.372. The molecular weight excluding hydrogens is 334 g/mol. The van der Waals surface area contributed by atoms with Crippen LogP contribution < -0.4 is 5.32 Å². The molecule has 1 fully saturated rings. The van der Waals surface area contributed by atoms with Crippen LogP contribution in [0.4, 0.5) is 0 Å². The third kappa shape index (κ3) is 3.06. The number of methoxy groups -OCH3 is 1. The molecule has 1 N–H and O–H groups in total. The Morgan fingerprint density at radius 2 is 2.15 bits per heavy atom. The minimum atomic E-state index is -0.703. The van der Waals surface area contributed by atoms with Gasteiger partial charge in [0, 0.05) is 39.0 Å². The summed E-state index contributed by atoms with van der Waals surface area (Å²) in [5, 5.41) is 12.1. The smallest absolute Gasteiger partial charge is 0.290 e. The van der Waals surface area contributed by atoms with E-state index in [1.165, 1.54) is 13.3 Å². The number of nitriles is 1.